The standard InChI is InChI=1S/C20H35F3O/c1-5-6-15-7-12-18(14(4)19(15)13(2)3)24-17-10-8-16(9-11-17)20(21,22)23/h13-19H,5-12H2,1-4H3. The second-order valence-corrected chi connectivity index (χ2v) is 8.50. The summed E-state index contributed by atoms with van der Waals surface area (Å²) in [4.78, 5) is 0. The third-order valence-electron chi connectivity index (χ3n) is 6.49. The molecule has 0 amide bonds. The van der Waals surface area contributed by atoms with Gasteiger partial charge in [0.1, 0.15) is 0 Å². The van der Waals surface area contributed by atoms with Crippen LogP contribution in [0, 0.1) is 29.6 Å². The van der Waals surface area contributed by atoms with E-state index in [9.17, 15) is 13.2 Å². The van der Waals surface area contributed by atoms with Crippen molar-refractivity contribution in [2.45, 2.75) is 97.4 Å². The van der Waals surface area contributed by atoms with Crippen LogP contribution in [-0.4, -0.2) is 18.4 Å². The Morgan fingerprint density at radius 2 is 1.62 bits per heavy atom. The van der Waals surface area contributed by atoms with Gasteiger partial charge in [0.15, 0.2) is 0 Å². The molecule has 4 atom stereocenters. The van der Waals surface area contributed by atoms with Crippen molar-refractivity contribution < 1.29 is 17.9 Å². The van der Waals surface area contributed by atoms with Crippen LogP contribution in [0.3, 0.4) is 0 Å². The molecule has 2 fully saturated rings. The summed E-state index contributed by atoms with van der Waals surface area (Å²) < 4.78 is 44.8. The van der Waals surface area contributed by atoms with E-state index in [1.54, 1.807) is 0 Å². The minimum atomic E-state index is -4.03. The highest BCUT2D eigenvalue weighted by Gasteiger charge is 2.43. The quantitative estimate of drug-likeness (QED) is 0.543. The van der Waals surface area contributed by atoms with Gasteiger partial charge in [-0.3, -0.25) is 0 Å². The number of ether oxygens (including phenoxy) is 1. The molecule has 0 radical (unpaired) electrons. The molecular formula is C20H35F3O. The van der Waals surface area contributed by atoms with E-state index in [1.807, 2.05) is 0 Å². The SMILES string of the molecule is CCCC1CCC(OC2CCC(C(F)(F)F)CC2)C(C)C1C(C)C. The van der Waals surface area contributed by atoms with Crippen molar-refractivity contribution in [3.8, 4) is 0 Å². The van der Waals surface area contributed by atoms with Crippen molar-refractivity contribution in [1.29, 1.82) is 0 Å². The number of hydrogen-bond acceptors (Lipinski definition) is 1. The summed E-state index contributed by atoms with van der Waals surface area (Å²) in [5, 5.41) is 0. The molecule has 2 saturated carbocycles. The molecular weight excluding hydrogens is 313 g/mol. The first-order valence-corrected chi connectivity index (χ1v) is 9.96. The molecule has 0 N–H and O–H groups in total. The normalized spacial score (nSPS) is 38.5. The molecule has 2 rings (SSSR count). The Morgan fingerprint density at radius 3 is 2.12 bits per heavy atom. The zero-order valence-corrected chi connectivity index (χ0v) is 15.7. The van der Waals surface area contributed by atoms with Gasteiger partial charge in [0.2, 0.25) is 0 Å². The van der Waals surface area contributed by atoms with Crippen molar-refractivity contribution in [2.75, 3.05) is 0 Å². The molecule has 0 heterocycles. The molecule has 0 aromatic carbocycles. The molecule has 0 spiro atoms. The highest BCUT2D eigenvalue weighted by Crippen LogP contribution is 2.44. The van der Waals surface area contributed by atoms with Gasteiger partial charge in [0.25, 0.3) is 0 Å². The number of hydrogen-bond donors (Lipinski definition) is 0. The van der Waals surface area contributed by atoms with Gasteiger partial charge in [0, 0.05) is 0 Å². The number of alkyl halides is 3. The second kappa shape index (κ2) is 8.42. The highest BCUT2D eigenvalue weighted by molar-refractivity contribution is 4.89. The van der Waals surface area contributed by atoms with E-state index in [-0.39, 0.29) is 25.0 Å². The Bertz CT molecular complexity index is 372. The van der Waals surface area contributed by atoms with E-state index in [0.29, 0.717) is 30.6 Å². The van der Waals surface area contributed by atoms with E-state index in [2.05, 4.69) is 27.7 Å². The fraction of sp³-hybridized carbons (Fsp3) is 1.00. The molecule has 0 saturated heterocycles. The minimum Gasteiger partial charge on any atom is -0.375 e. The molecule has 0 aromatic heterocycles. The first-order valence-electron chi connectivity index (χ1n) is 9.96. The van der Waals surface area contributed by atoms with Crippen LogP contribution in [0.1, 0.15) is 79.1 Å². The summed E-state index contributed by atoms with van der Waals surface area (Å²) in [5.41, 5.74) is 0. The van der Waals surface area contributed by atoms with Crippen LogP contribution in [-0.2, 0) is 4.74 Å². The predicted molar refractivity (Wildman–Crippen MR) is 91.8 cm³/mol. The van der Waals surface area contributed by atoms with E-state index < -0.39 is 12.1 Å². The first kappa shape index (κ1) is 20.1. The van der Waals surface area contributed by atoms with E-state index in [0.717, 1.165) is 12.3 Å². The summed E-state index contributed by atoms with van der Waals surface area (Å²) >= 11 is 0. The summed E-state index contributed by atoms with van der Waals surface area (Å²) in [6.45, 7) is 9.17. The largest absolute Gasteiger partial charge is 0.391 e. The molecule has 2 aliphatic carbocycles. The van der Waals surface area contributed by atoms with E-state index >= 15 is 0 Å². The summed E-state index contributed by atoms with van der Waals surface area (Å²) in [5.74, 6) is 1.50. The van der Waals surface area contributed by atoms with Gasteiger partial charge in [-0.15, -0.1) is 0 Å². The van der Waals surface area contributed by atoms with Crippen molar-refractivity contribution in [3.05, 3.63) is 0 Å². The third kappa shape index (κ3) is 4.89. The van der Waals surface area contributed by atoms with Crippen molar-refractivity contribution in [2.24, 2.45) is 29.6 Å². The van der Waals surface area contributed by atoms with Crippen molar-refractivity contribution in [1.82, 2.24) is 0 Å². The average Bonchev–Trinajstić information content (AvgIpc) is 2.49. The van der Waals surface area contributed by atoms with Crippen LogP contribution < -0.4 is 0 Å². The molecule has 1 nitrogen and oxygen atoms in total. The zero-order valence-electron chi connectivity index (χ0n) is 15.7. The molecule has 0 aromatic rings. The Hall–Kier alpha value is -0.250. The lowest BCUT2D eigenvalue weighted by atomic mass is 9.65. The molecule has 24 heavy (non-hydrogen) atoms. The lowest BCUT2D eigenvalue weighted by molar-refractivity contribution is -0.192. The number of halogens is 3. The fourth-order valence-electron chi connectivity index (χ4n) is 5.34. The maximum Gasteiger partial charge on any atom is 0.391 e. The van der Waals surface area contributed by atoms with Gasteiger partial charge in [-0.2, -0.15) is 13.2 Å². The smallest absolute Gasteiger partial charge is 0.375 e. The predicted octanol–water partition coefficient (Wildman–Crippen LogP) is 6.61. The molecule has 4 heteroatoms. The molecule has 4 unspecified atom stereocenters. The van der Waals surface area contributed by atoms with E-state index in [1.165, 1.54) is 19.3 Å². The lowest BCUT2D eigenvalue weighted by Gasteiger charge is -2.45. The fourth-order valence-corrected chi connectivity index (χ4v) is 5.34. The summed E-state index contributed by atoms with van der Waals surface area (Å²) in [6.07, 6.45) is 2.66. The Balaban J connectivity index is 1.89. The zero-order chi connectivity index (χ0) is 17.9. The maximum absolute atomic E-state index is 12.8. The number of rotatable bonds is 5. The minimum absolute atomic E-state index is 0.0339. The van der Waals surface area contributed by atoms with Gasteiger partial charge in [0.05, 0.1) is 18.1 Å². The van der Waals surface area contributed by atoms with Crippen LogP contribution >= 0.6 is 0 Å². The van der Waals surface area contributed by atoms with Crippen LogP contribution in [0.4, 0.5) is 13.2 Å². The molecule has 2 aliphatic rings. The Kier molecular flexibility index (Phi) is 7.04. The van der Waals surface area contributed by atoms with Crippen LogP contribution in [0.15, 0.2) is 0 Å². The van der Waals surface area contributed by atoms with E-state index in [4.69, 9.17) is 4.74 Å². The van der Waals surface area contributed by atoms with Crippen LogP contribution in [0.2, 0.25) is 0 Å². The lowest BCUT2D eigenvalue weighted by Crippen LogP contribution is -2.42. The van der Waals surface area contributed by atoms with Crippen molar-refractivity contribution >= 4 is 0 Å². The highest BCUT2D eigenvalue weighted by atomic mass is 19.4. The molecule has 142 valence electrons. The monoisotopic (exact) mass is 348 g/mol. The second-order valence-electron chi connectivity index (χ2n) is 8.50. The Morgan fingerprint density at radius 1 is 1.00 bits per heavy atom. The Labute approximate surface area is 145 Å². The molecule has 0 aliphatic heterocycles. The van der Waals surface area contributed by atoms with Crippen LogP contribution in [0.5, 0.6) is 0 Å². The summed E-state index contributed by atoms with van der Waals surface area (Å²) in [7, 11) is 0. The first-order chi connectivity index (χ1) is 11.2. The van der Waals surface area contributed by atoms with Gasteiger partial charge < -0.3 is 4.74 Å². The van der Waals surface area contributed by atoms with Gasteiger partial charge in [-0.1, -0.05) is 40.5 Å². The topological polar surface area (TPSA) is 9.23 Å². The van der Waals surface area contributed by atoms with Crippen LogP contribution in [0.25, 0.3) is 0 Å². The molecule has 0 bridgehead atoms. The van der Waals surface area contributed by atoms with Gasteiger partial charge >= 0.3 is 6.18 Å². The average molecular weight is 348 g/mol. The third-order valence-corrected chi connectivity index (χ3v) is 6.49. The van der Waals surface area contributed by atoms with Gasteiger partial charge in [-0.25, -0.2) is 0 Å². The summed E-state index contributed by atoms with van der Waals surface area (Å²) in [6, 6.07) is 0. The van der Waals surface area contributed by atoms with Gasteiger partial charge in [-0.05, 0) is 62.2 Å². The maximum atomic E-state index is 12.8. The van der Waals surface area contributed by atoms with Crippen molar-refractivity contribution in [3.63, 3.8) is 0 Å².